The van der Waals surface area contributed by atoms with Crippen molar-refractivity contribution in [3.63, 3.8) is 0 Å². The SMILES string of the molecule is CS(=O)(=O)Nc1ccc(C(=O)c2ccc(F)cc2Cl)cc1. The summed E-state index contributed by atoms with van der Waals surface area (Å²) in [6.07, 6.45) is 1.03. The lowest BCUT2D eigenvalue weighted by atomic mass is 10.0. The molecular formula is C14H11ClFNO3S. The first-order valence-electron chi connectivity index (χ1n) is 5.84. The van der Waals surface area contributed by atoms with Gasteiger partial charge >= 0.3 is 0 Å². The van der Waals surface area contributed by atoms with Crippen molar-refractivity contribution < 1.29 is 17.6 Å². The zero-order valence-electron chi connectivity index (χ0n) is 10.9. The Labute approximate surface area is 126 Å². The molecule has 0 aliphatic carbocycles. The fraction of sp³-hybridized carbons (Fsp3) is 0.0714. The molecule has 0 saturated carbocycles. The van der Waals surface area contributed by atoms with Crippen LogP contribution in [-0.2, 0) is 10.0 Å². The van der Waals surface area contributed by atoms with E-state index in [1.54, 1.807) is 0 Å². The van der Waals surface area contributed by atoms with E-state index in [2.05, 4.69) is 4.72 Å². The van der Waals surface area contributed by atoms with Gasteiger partial charge in [-0.05, 0) is 42.5 Å². The Morgan fingerprint density at radius 1 is 1.14 bits per heavy atom. The highest BCUT2D eigenvalue weighted by molar-refractivity contribution is 7.92. The Balaban J connectivity index is 2.28. The van der Waals surface area contributed by atoms with Crippen LogP contribution in [0.1, 0.15) is 15.9 Å². The third-order valence-corrected chi connectivity index (χ3v) is 3.55. The highest BCUT2D eigenvalue weighted by Gasteiger charge is 2.13. The normalized spacial score (nSPS) is 11.2. The van der Waals surface area contributed by atoms with E-state index >= 15 is 0 Å². The monoisotopic (exact) mass is 327 g/mol. The number of ketones is 1. The third-order valence-electron chi connectivity index (χ3n) is 2.63. The van der Waals surface area contributed by atoms with Crippen molar-refractivity contribution in [2.75, 3.05) is 11.0 Å². The predicted molar refractivity (Wildman–Crippen MR) is 79.8 cm³/mol. The molecule has 1 N–H and O–H groups in total. The summed E-state index contributed by atoms with van der Waals surface area (Å²) >= 11 is 5.84. The highest BCUT2D eigenvalue weighted by atomic mass is 35.5. The molecule has 0 bridgehead atoms. The first kappa shape index (κ1) is 15.5. The number of hydrogen-bond donors (Lipinski definition) is 1. The minimum absolute atomic E-state index is 0.0262. The van der Waals surface area contributed by atoms with Crippen LogP contribution in [0.4, 0.5) is 10.1 Å². The number of carbonyl (C=O) groups excluding carboxylic acids is 1. The summed E-state index contributed by atoms with van der Waals surface area (Å²) in [4.78, 5) is 12.2. The van der Waals surface area contributed by atoms with Crippen LogP contribution in [0.25, 0.3) is 0 Å². The molecule has 0 heterocycles. The summed E-state index contributed by atoms with van der Waals surface area (Å²) in [5.41, 5.74) is 0.851. The molecule has 0 atom stereocenters. The van der Waals surface area contributed by atoms with Crippen LogP contribution < -0.4 is 4.72 Å². The van der Waals surface area contributed by atoms with Gasteiger partial charge in [-0.15, -0.1) is 0 Å². The number of anilines is 1. The van der Waals surface area contributed by atoms with Crippen LogP contribution in [0.15, 0.2) is 42.5 Å². The van der Waals surface area contributed by atoms with Gasteiger partial charge in [0.1, 0.15) is 5.82 Å². The average Bonchev–Trinajstić information content (AvgIpc) is 2.37. The van der Waals surface area contributed by atoms with Crippen molar-refractivity contribution in [2.45, 2.75) is 0 Å². The molecule has 21 heavy (non-hydrogen) atoms. The van der Waals surface area contributed by atoms with E-state index in [1.807, 2.05) is 0 Å². The Morgan fingerprint density at radius 3 is 2.29 bits per heavy atom. The van der Waals surface area contributed by atoms with Crippen molar-refractivity contribution >= 4 is 33.1 Å². The molecule has 4 nitrogen and oxygen atoms in total. The van der Waals surface area contributed by atoms with Crippen LogP contribution in [0, 0.1) is 5.82 Å². The molecule has 2 rings (SSSR count). The lowest BCUT2D eigenvalue weighted by molar-refractivity contribution is 0.103. The van der Waals surface area contributed by atoms with E-state index < -0.39 is 15.8 Å². The van der Waals surface area contributed by atoms with Crippen LogP contribution >= 0.6 is 11.6 Å². The van der Waals surface area contributed by atoms with Crippen LogP contribution in [0.5, 0.6) is 0 Å². The molecule has 2 aromatic rings. The van der Waals surface area contributed by atoms with Crippen molar-refractivity contribution in [3.8, 4) is 0 Å². The van der Waals surface area contributed by atoms with Crippen LogP contribution in [0.2, 0.25) is 5.02 Å². The quantitative estimate of drug-likeness (QED) is 0.878. The number of nitrogens with one attached hydrogen (secondary N) is 1. The molecule has 0 saturated heterocycles. The van der Waals surface area contributed by atoms with Crippen molar-refractivity contribution in [1.82, 2.24) is 0 Å². The van der Waals surface area contributed by atoms with E-state index in [0.29, 0.717) is 11.3 Å². The van der Waals surface area contributed by atoms with Gasteiger partial charge < -0.3 is 0 Å². The second-order valence-electron chi connectivity index (χ2n) is 4.40. The van der Waals surface area contributed by atoms with Gasteiger partial charge in [0.25, 0.3) is 0 Å². The Hall–Kier alpha value is -1.92. The third kappa shape index (κ3) is 4.03. The van der Waals surface area contributed by atoms with Crippen molar-refractivity contribution in [2.24, 2.45) is 0 Å². The first-order valence-corrected chi connectivity index (χ1v) is 8.11. The lowest BCUT2D eigenvalue weighted by Gasteiger charge is -2.06. The van der Waals surface area contributed by atoms with E-state index in [-0.39, 0.29) is 16.4 Å². The summed E-state index contributed by atoms with van der Waals surface area (Å²) in [6.45, 7) is 0. The molecule has 0 aliphatic rings. The van der Waals surface area contributed by atoms with E-state index in [9.17, 15) is 17.6 Å². The molecule has 110 valence electrons. The van der Waals surface area contributed by atoms with E-state index in [1.165, 1.54) is 30.3 Å². The number of sulfonamides is 1. The molecule has 0 aliphatic heterocycles. The van der Waals surface area contributed by atoms with Gasteiger partial charge in [0.15, 0.2) is 5.78 Å². The molecule has 0 fully saturated rings. The van der Waals surface area contributed by atoms with Gasteiger partial charge in [-0.25, -0.2) is 12.8 Å². The molecular weight excluding hydrogens is 317 g/mol. The fourth-order valence-corrected chi connectivity index (χ4v) is 2.55. The van der Waals surface area contributed by atoms with Gasteiger partial charge in [-0.3, -0.25) is 9.52 Å². The molecule has 7 heteroatoms. The smallest absolute Gasteiger partial charge is 0.229 e. The summed E-state index contributed by atoms with van der Waals surface area (Å²) in [7, 11) is -3.37. The highest BCUT2D eigenvalue weighted by Crippen LogP contribution is 2.21. The van der Waals surface area contributed by atoms with Crippen LogP contribution in [-0.4, -0.2) is 20.5 Å². The maximum Gasteiger partial charge on any atom is 0.229 e. The largest absolute Gasteiger partial charge is 0.289 e. The Morgan fingerprint density at radius 2 is 1.76 bits per heavy atom. The van der Waals surface area contributed by atoms with Crippen molar-refractivity contribution in [1.29, 1.82) is 0 Å². The average molecular weight is 328 g/mol. The minimum atomic E-state index is -3.37. The number of benzene rings is 2. The molecule has 0 aromatic heterocycles. The molecule has 0 unspecified atom stereocenters. The predicted octanol–water partition coefficient (Wildman–Crippen LogP) is 3.08. The molecule has 0 amide bonds. The van der Waals surface area contributed by atoms with Gasteiger partial charge in [0.2, 0.25) is 10.0 Å². The van der Waals surface area contributed by atoms with E-state index in [4.69, 9.17) is 11.6 Å². The summed E-state index contributed by atoms with van der Waals surface area (Å²) in [5, 5.41) is 0.0262. The molecule has 2 aromatic carbocycles. The maximum atomic E-state index is 13.0. The number of hydrogen-bond acceptors (Lipinski definition) is 3. The zero-order valence-corrected chi connectivity index (χ0v) is 12.5. The Kier molecular flexibility index (Phi) is 4.29. The zero-order chi connectivity index (χ0) is 15.6. The molecule has 0 spiro atoms. The summed E-state index contributed by atoms with van der Waals surface area (Å²) < 4.78 is 37.4. The number of halogens is 2. The lowest BCUT2D eigenvalue weighted by Crippen LogP contribution is -2.09. The summed E-state index contributed by atoms with van der Waals surface area (Å²) in [5.74, 6) is -0.893. The van der Waals surface area contributed by atoms with Crippen LogP contribution in [0.3, 0.4) is 0 Å². The number of carbonyl (C=O) groups is 1. The topological polar surface area (TPSA) is 63.2 Å². The second-order valence-corrected chi connectivity index (χ2v) is 6.56. The fourth-order valence-electron chi connectivity index (χ4n) is 1.73. The van der Waals surface area contributed by atoms with Gasteiger partial charge in [-0.1, -0.05) is 11.6 Å². The minimum Gasteiger partial charge on any atom is -0.289 e. The second kappa shape index (κ2) is 5.83. The maximum absolute atomic E-state index is 13.0. The first-order chi connectivity index (χ1) is 9.76. The van der Waals surface area contributed by atoms with Gasteiger partial charge in [0, 0.05) is 16.8 Å². The summed E-state index contributed by atoms with van der Waals surface area (Å²) in [6, 6.07) is 9.39. The van der Waals surface area contributed by atoms with Crippen molar-refractivity contribution in [3.05, 3.63) is 64.4 Å². The number of rotatable bonds is 4. The Bertz CT molecular complexity index is 788. The van der Waals surface area contributed by atoms with E-state index in [0.717, 1.165) is 18.4 Å². The molecule has 0 radical (unpaired) electrons. The van der Waals surface area contributed by atoms with Gasteiger partial charge in [0.05, 0.1) is 11.3 Å². The standard InChI is InChI=1S/C14H11ClFNO3S/c1-21(19,20)17-11-5-2-9(3-6-11)14(18)12-7-4-10(16)8-13(12)15/h2-8,17H,1H3. The van der Waals surface area contributed by atoms with Gasteiger partial charge in [-0.2, -0.15) is 0 Å².